The van der Waals surface area contributed by atoms with E-state index < -0.39 is 12.2 Å². The van der Waals surface area contributed by atoms with Gasteiger partial charge in [0.15, 0.2) is 0 Å². The van der Waals surface area contributed by atoms with E-state index in [-0.39, 0.29) is 0 Å². The molecule has 0 amide bonds. The van der Waals surface area contributed by atoms with Gasteiger partial charge >= 0.3 is 0 Å². The van der Waals surface area contributed by atoms with Crippen molar-refractivity contribution in [2.45, 2.75) is 105 Å². The SMILES string of the molecule is CC1=C(/C=C\C2=CCC[C@@]3(C)[C@@H]2CC[C@@H]3[C@H](C)CCCC(C)C)C[C@@H](O)C[C@H]1O. The lowest BCUT2D eigenvalue weighted by atomic mass is 9.62. The van der Waals surface area contributed by atoms with Crippen LogP contribution in [0, 0.1) is 29.1 Å². The minimum atomic E-state index is -0.494. The molecular weight excluding hydrogens is 356 g/mol. The highest BCUT2D eigenvalue weighted by Crippen LogP contribution is 2.58. The molecule has 1 saturated carbocycles. The minimum absolute atomic E-state index is 0.415. The molecule has 0 heterocycles. The summed E-state index contributed by atoms with van der Waals surface area (Å²) in [4.78, 5) is 0. The van der Waals surface area contributed by atoms with Gasteiger partial charge in [-0.3, -0.25) is 0 Å². The molecule has 2 N–H and O–H groups in total. The van der Waals surface area contributed by atoms with Crippen LogP contribution in [0.4, 0.5) is 0 Å². The van der Waals surface area contributed by atoms with Gasteiger partial charge in [0.2, 0.25) is 0 Å². The van der Waals surface area contributed by atoms with Crippen LogP contribution in [-0.2, 0) is 0 Å². The Hall–Kier alpha value is -0.860. The van der Waals surface area contributed by atoms with E-state index in [9.17, 15) is 10.2 Å². The molecule has 0 aromatic rings. The molecule has 1 fully saturated rings. The van der Waals surface area contributed by atoms with E-state index in [2.05, 4.69) is 45.9 Å². The van der Waals surface area contributed by atoms with Crippen LogP contribution in [0.5, 0.6) is 0 Å². The van der Waals surface area contributed by atoms with Gasteiger partial charge in [0.25, 0.3) is 0 Å². The van der Waals surface area contributed by atoms with Crippen molar-refractivity contribution in [1.82, 2.24) is 0 Å². The van der Waals surface area contributed by atoms with Crippen LogP contribution in [0.3, 0.4) is 0 Å². The molecule has 0 bridgehead atoms. The smallest absolute Gasteiger partial charge is 0.0777 e. The first-order valence-electron chi connectivity index (χ1n) is 12.2. The molecule has 0 aromatic carbocycles. The highest BCUT2D eigenvalue weighted by atomic mass is 16.3. The molecule has 3 aliphatic rings. The zero-order valence-electron chi connectivity index (χ0n) is 19.5. The fourth-order valence-electron chi connectivity index (χ4n) is 6.57. The summed E-state index contributed by atoms with van der Waals surface area (Å²) in [6.45, 7) is 11.8. The normalized spacial score (nSPS) is 36.6. The molecule has 0 unspecified atom stereocenters. The summed E-state index contributed by atoms with van der Waals surface area (Å²) in [5, 5.41) is 20.2. The number of hydrogen-bond acceptors (Lipinski definition) is 2. The molecule has 0 spiro atoms. The summed E-state index contributed by atoms with van der Waals surface area (Å²) in [6.07, 6.45) is 16.5. The zero-order valence-corrected chi connectivity index (χ0v) is 19.5. The second-order valence-electron chi connectivity index (χ2n) is 10.9. The standard InChI is InChI=1S/C27H44O2/c1-18(2)8-6-9-19(3)24-13-14-25-21(10-7-15-27(24,25)5)11-12-22-16-23(28)17-26(29)20(22)4/h10-12,18-19,23-26,28-29H,6-9,13-17H2,1-5H3/b12-11-/t19-,23-,24-,25-,26-,27-/m1/s1. The Morgan fingerprint density at radius 2 is 1.90 bits per heavy atom. The van der Waals surface area contributed by atoms with Crippen molar-refractivity contribution in [2.75, 3.05) is 0 Å². The van der Waals surface area contributed by atoms with Gasteiger partial charge in [0, 0.05) is 6.42 Å². The van der Waals surface area contributed by atoms with Crippen molar-refractivity contribution in [1.29, 1.82) is 0 Å². The summed E-state index contributed by atoms with van der Waals surface area (Å²) in [5.74, 6) is 3.15. The Labute approximate surface area is 179 Å². The summed E-state index contributed by atoms with van der Waals surface area (Å²) < 4.78 is 0. The second kappa shape index (κ2) is 9.52. The van der Waals surface area contributed by atoms with Crippen LogP contribution in [0.15, 0.2) is 34.9 Å². The lowest BCUT2D eigenvalue weighted by molar-refractivity contribution is 0.0878. The molecule has 0 aliphatic heterocycles. The first-order valence-corrected chi connectivity index (χ1v) is 12.2. The first kappa shape index (κ1) is 22.8. The van der Waals surface area contributed by atoms with E-state index >= 15 is 0 Å². The number of rotatable bonds is 7. The topological polar surface area (TPSA) is 40.5 Å². The van der Waals surface area contributed by atoms with Gasteiger partial charge < -0.3 is 10.2 Å². The van der Waals surface area contributed by atoms with Crippen LogP contribution in [0.2, 0.25) is 0 Å². The van der Waals surface area contributed by atoms with E-state index in [1.807, 2.05) is 6.92 Å². The molecule has 0 aromatic heterocycles. The lowest BCUT2D eigenvalue weighted by Crippen LogP contribution is -2.35. The lowest BCUT2D eigenvalue weighted by Gasteiger charge is -2.43. The molecule has 0 saturated heterocycles. The van der Waals surface area contributed by atoms with Crippen LogP contribution >= 0.6 is 0 Å². The molecule has 0 radical (unpaired) electrons. The van der Waals surface area contributed by atoms with Gasteiger partial charge in [0.1, 0.15) is 0 Å². The van der Waals surface area contributed by atoms with Gasteiger partial charge in [-0.1, -0.05) is 65.2 Å². The highest BCUT2D eigenvalue weighted by molar-refractivity contribution is 5.37. The van der Waals surface area contributed by atoms with E-state index in [4.69, 9.17) is 0 Å². The zero-order chi connectivity index (χ0) is 21.2. The minimum Gasteiger partial charge on any atom is -0.393 e. The molecule has 2 nitrogen and oxygen atoms in total. The van der Waals surface area contributed by atoms with E-state index in [0.29, 0.717) is 24.2 Å². The van der Waals surface area contributed by atoms with E-state index in [1.54, 1.807) is 0 Å². The highest BCUT2D eigenvalue weighted by Gasteiger charge is 2.49. The van der Waals surface area contributed by atoms with Gasteiger partial charge in [-0.25, -0.2) is 0 Å². The third-order valence-electron chi connectivity index (χ3n) is 8.44. The third kappa shape index (κ3) is 5.07. The number of allylic oxidation sites excluding steroid dienone is 4. The molecule has 2 heteroatoms. The van der Waals surface area contributed by atoms with Crippen LogP contribution < -0.4 is 0 Å². The average Bonchev–Trinajstić information content (AvgIpc) is 3.00. The molecule has 29 heavy (non-hydrogen) atoms. The predicted molar refractivity (Wildman–Crippen MR) is 123 cm³/mol. The third-order valence-corrected chi connectivity index (χ3v) is 8.44. The van der Waals surface area contributed by atoms with E-state index in [0.717, 1.165) is 28.9 Å². The van der Waals surface area contributed by atoms with Crippen LogP contribution in [0.25, 0.3) is 0 Å². The number of hydrogen-bond donors (Lipinski definition) is 2. The Balaban J connectivity index is 1.69. The fourth-order valence-corrected chi connectivity index (χ4v) is 6.57. The van der Waals surface area contributed by atoms with Crippen molar-refractivity contribution < 1.29 is 10.2 Å². The van der Waals surface area contributed by atoms with Crippen molar-refractivity contribution in [2.24, 2.45) is 29.1 Å². The quantitative estimate of drug-likeness (QED) is 0.506. The maximum absolute atomic E-state index is 10.2. The Bertz CT molecular complexity index is 655. The van der Waals surface area contributed by atoms with Crippen molar-refractivity contribution in [3.63, 3.8) is 0 Å². The molecule has 6 atom stereocenters. The van der Waals surface area contributed by atoms with Gasteiger partial charge in [-0.05, 0) is 84.8 Å². The Kier molecular flexibility index (Phi) is 7.49. The van der Waals surface area contributed by atoms with Crippen LogP contribution in [-0.4, -0.2) is 22.4 Å². The molecule has 3 rings (SSSR count). The van der Waals surface area contributed by atoms with Crippen LogP contribution in [0.1, 0.15) is 92.4 Å². The summed E-state index contributed by atoms with van der Waals surface area (Å²) in [5.41, 5.74) is 4.10. The summed E-state index contributed by atoms with van der Waals surface area (Å²) >= 11 is 0. The maximum atomic E-state index is 10.2. The molecule has 164 valence electrons. The Morgan fingerprint density at radius 3 is 2.62 bits per heavy atom. The Morgan fingerprint density at radius 1 is 1.14 bits per heavy atom. The maximum Gasteiger partial charge on any atom is 0.0777 e. The number of aliphatic hydroxyl groups is 2. The van der Waals surface area contributed by atoms with E-state index in [1.165, 1.54) is 50.5 Å². The molecular formula is C27H44O2. The second-order valence-corrected chi connectivity index (χ2v) is 10.9. The van der Waals surface area contributed by atoms with Crippen molar-refractivity contribution >= 4 is 0 Å². The number of fused-ring (bicyclic) bond motifs is 1. The fraction of sp³-hybridized carbons (Fsp3) is 0.778. The van der Waals surface area contributed by atoms with Crippen molar-refractivity contribution in [3.8, 4) is 0 Å². The van der Waals surface area contributed by atoms with Gasteiger partial charge in [-0.2, -0.15) is 0 Å². The van der Waals surface area contributed by atoms with Crippen molar-refractivity contribution in [3.05, 3.63) is 34.9 Å². The largest absolute Gasteiger partial charge is 0.393 e. The van der Waals surface area contributed by atoms with Gasteiger partial charge in [0.05, 0.1) is 12.2 Å². The predicted octanol–water partition coefficient (Wildman–Crippen LogP) is 6.59. The first-order chi connectivity index (χ1) is 13.7. The average molecular weight is 401 g/mol. The summed E-state index contributed by atoms with van der Waals surface area (Å²) in [7, 11) is 0. The summed E-state index contributed by atoms with van der Waals surface area (Å²) in [6, 6.07) is 0. The number of aliphatic hydroxyl groups excluding tert-OH is 2. The monoisotopic (exact) mass is 400 g/mol. The van der Waals surface area contributed by atoms with Gasteiger partial charge in [-0.15, -0.1) is 0 Å². The molecule has 3 aliphatic carbocycles.